The first-order valence-electron chi connectivity index (χ1n) is 7.46. The van der Waals surface area contributed by atoms with E-state index in [2.05, 4.69) is 4.73 Å². The molecule has 0 atom stereocenters. The Bertz CT molecular complexity index is 681. The van der Waals surface area contributed by atoms with Gasteiger partial charge < -0.3 is 0 Å². The van der Waals surface area contributed by atoms with Gasteiger partial charge in [-0.25, -0.2) is 0 Å². The van der Waals surface area contributed by atoms with Gasteiger partial charge in [0.2, 0.25) is 0 Å². The van der Waals surface area contributed by atoms with Crippen LogP contribution in [0.15, 0.2) is 0 Å². The second-order valence-corrected chi connectivity index (χ2v) is 9.74. The number of halogens is 4. The molecule has 0 N–H and O–H groups in total. The summed E-state index contributed by atoms with van der Waals surface area (Å²) in [5, 5.41) is 0. The van der Waals surface area contributed by atoms with E-state index in [0.29, 0.717) is 12.5 Å². The molecule has 0 saturated heterocycles. The van der Waals surface area contributed by atoms with Crippen molar-refractivity contribution in [1.82, 2.24) is 0 Å². The molecular formula is C16H19F4NbO4Si. The van der Waals surface area contributed by atoms with Gasteiger partial charge in [-0.3, -0.25) is 0 Å². The predicted molar refractivity (Wildman–Crippen MR) is 88.0 cm³/mol. The van der Waals surface area contributed by atoms with Gasteiger partial charge in [0.25, 0.3) is 0 Å². The molecule has 1 aromatic carbocycles. The van der Waals surface area contributed by atoms with Crippen LogP contribution >= 0.6 is 0 Å². The van der Waals surface area contributed by atoms with E-state index >= 15 is 0 Å². The van der Waals surface area contributed by atoms with Crippen LogP contribution in [0.3, 0.4) is 0 Å². The van der Waals surface area contributed by atoms with Crippen LogP contribution in [-0.4, -0.2) is 44.9 Å². The molecule has 1 radical (unpaired) electrons. The van der Waals surface area contributed by atoms with Crippen molar-refractivity contribution < 1.29 is 54.5 Å². The molecule has 0 saturated carbocycles. The van der Waals surface area contributed by atoms with E-state index in [1.54, 1.807) is 0 Å². The summed E-state index contributed by atoms with van der Waals surface area (Å²) in [6.07, 6.45) is 1.44. The fraction of sp³-hybridized carbons (Fsp3) is 0.375. The van der Waals surface area contributed by atoms with Gasteiger partial charge in [-0.1, -0.05) is 0 Å². The summed E-state index contributed by atoms with van der Waals surface area (Å²) in [6, 6.07) is 0.358. The van der Waals surface area contributed by atoms with Gasteiger partial charge >= 0.3 is 138 Å². The number of carbonyl (C=O) groups excluding carboxylic acids is 1. The Labute approximate surface area is 159 Å². The Morgan fingerprint density at radius 1 is 1.04 bits per heavy atom. The van der Waals surface area contributed by atoms with Crippen LogP contribution in [0.4, 0.5) is 17.6 Å². The van der Waals surface area contributed by atoms with E-state index in [1.807, 2.05) is 0 Å². The van der Waals surface area contributed by atoms with Gasteiger partial charge in [0, 0.05) is 21.3 Å². The molecule has 0 aromatic heterocycles. The fourth-order valence-corrected chi connectivity index (χ4v) is 5.04. The summed E-state index contributed by atoms with van der Waals surface area (Å²) >= 11 is -1.33. The zero-order valence-corrected chi connectivity index (χ0v) is 17.8. The van der Waals surface area contributed by atoms with Crippen LogP contribution in [0.25, 0.3) is 0 Å². The maximum atomic E-state index is 14.0. The molecule has 1 aromatic rings. The third kappa shape index (κ3) is 5.13. The summed E-state index contributed by atoms with van der Waals surface area (Å²) in [5.74, 6) is -7.68. The van der Waals surface area contributed by atoms with Gasteiger partial charge in [-0.05, 0) is 0 Å². The van der Waals surface area contributed by atoms with E-state index in [1.165, 1.54) is 21.3 Å². The molecule has 0 heterocycles. The Morgan fingerprint density at radius 2 is 1.54 bits per heavy atom. The van der Waals surface area contributed by atoms with Crippen molar-refractivity contribution in [1.29, 1.82) is 0 Å². The van der Waals surface area contributed by atoms with Crippen LogP contribution in [0.2, 0.25) is 6.04 Å². The summed E-state index contributed by atoms with van der Waals surface area (Å²) in [7, 11) is 1.45. The van der Waals surface area contributed by atoms with E-state index in [-0.39, 0.29) is 6.42 Å². The van der Waals surface area contributed by atoms with E-state index in [0.717, 1.165) is 10.6 Å². The standard InChI is InChI=1S/C15H17F4O4Si.CH2.Nb/c1-9-12(16)14(18)11(15(19)13(9)17)10(20)7-5-6-8-24(21-2,22-3)23-4;;/h1,7H,5-6,8H2,2-4H3;1H2;. The van der Waals surface area contributed by atoms with Crippen molar-refractivity contribution in [2.24, 2.45) is 0 Å². The Balaban J connectivity index is 2.91. The van der Waals surface area contributed by atoms with E-state index in [9.17, 15) is 22.4 Å². The normalized spacial score (nSPS) is 11.3. The molecule has 0 amide bonds. The minimum atomic E-state index is -2.83. The van der Waals surface area contributed by atoms with Crippen molar-refractivity contribution in [3.63, 3.8) is 0 Å². The Hall–Kier alpha value is -0.813. The zero-order valence-electron chi connectivity index (χ0n) is 14.6. The average molecular weight is 472 g/mol. The number of Topliss-reactive ketones (excluding diaryl/α,β-unsaturated/α-hetero) is 1. The molecule has 144 valence electrons. The first-order chi connectivity index (χ1) is 12.3. The number of benzene rings is 1. The van der Waals surface area contributed by atoms with Gasteiger partial charge in [-0.15, -0.1) is 0 Å². The van der Waals surface area contributed by atoms with Crippen LogP contribution in [0.5, 0.6) is 0 Å². The van der Waals surface area contributed by atoms with Crippen molar-refractivity contribution in [3.05, 3.63) is 40.8 Å². The second-order valence-electron chi connectivity index (χ2n) is 5.11. The SMILES string of the molecule is [CH2]=[Nb]=[CH]c1c(F)c(F)c(C(=O)[CH]CCC[Si](OC)(OC)OC)c(F)c1F. The molecule has 4 nitrogen and oxygen atoms in total. The van der Waals surface area contributed by atoms with Crippen LogP contribution in [0.1, 0.15) is 28.8 Å². The molecule has 0 bridgehead atoms. The van der Waals surface area contributed by atoms with Gasteiger partial charge in [0.1, 0.15) is 0 Å². The molecule has 0 unspecified atom stereocenters. The Morgan fingerprint density at radius 3 is 1.96 bits per heavy atom. The van der Waals surface area contributed by atoms with Crippen molar-refractivity contribution in [2.75, 3.05) is 21.3 Å². The Kier molecular flexibility index (Phi) is 9.38. The van der Waals surface area contributed by atoms with Gasteiger partial charge in [0.15, 0.2) is 0 Å². The third-order valence-electron chi connectivity index (χ3n) is 3.71. The summed E-state index contributed by atoms with van der Waals surface area (Å²) < 4.78 is 76.0. The molecule has 0 spiro atoms. The average Bonchev–Trinajstić information content (AvgIpc) is 2.64. The van der Waals surface area contributed by atoms with Crippen molar-refractivity contribution >= 4 is 23.5 Å². The molecule has 1 rings (SSSR count). The van der Waals surface area contributed by atoms with Gasteiger partial charge in [0.05, 0.1) is 0 Å². The molecule has 0 fully saturated rings. The number of hydrogen-bond donors (Lipinski definition) is 0. The number of ketones is 1. The quantitative estimate of drug-likeness (QED) is 0.173. The maximum absolute atomic E-state index is 14.0. The molecule has 10 heteroatoms. The topological polar surface area (TPSA) is 44.8 Å². The zero-order chi connectivity index (χ0) is 19.9. The first kappa shape index (κ1) is 23.2. The molecule has 26 heavy (non-hydrogen) atoms. The number of carbonyl (C=O) groups is 1. The molecule has 0 aliphatic heterocycles. The van der Waals surface area contributed by atoms with E-state index < -0.39 is 67.8 Å². The number of unbranched alkanes of at least 4 members (excludes halogenated alkanes) is 1. The first-order valence-corrected chi connectivity index (χ1v) is 12.2. The molecule has 0 aliphatic rings. The summed E-state index contributed by atoms with van der Waals surface area (Å²) in [4.78, 5) is 12.0. The molecule has 0 aliphatic carbocycles. The minimum absolute atomic E-state index is 0.103. The summed E-state index contributed by atoms with van der Waals surface area (Å²) in [5.41, 5.74) is -2.04. The van der Waals surface area contributed by atoms with Crippen molar-refractivity contribution in [2.45, 2.75) is 18.9 Å². The van der Waals surface area contributed by atoms with Crippen molar-refractivity contribution in [3.8, 4) is 0 Å². The van der Waals surface area contributed by atoms with Crippen LogP contribution in [0, 0.1) is 29.7 Å². The fourth-order valence-electron chi connectivity index (χ4n) is 2.28. The van der Waals surface area contributed by atoms with Gasteiger partial charge in [-0.2, -0.15) is 0 Å². The summed E-state index contributed by atoms with van der Waals surface area (Å²) in [6.45, 7) is 0. The third-order valence-corrected chi connectivity index (χ3v) is 7.63. The number of hydrogen-bond acceptors (Lipinski definition) is 4. The second kappa shape index (κ2) is 10.5. The number of rotatable bonds is 10. The predicted octanol–water partition coefficient (Wildman–Crippen LogP) is 2.95. The van der Waals surface area contributed by atoms with Crippen LogP contribution in [-0.2, 0) is 32.1 Å². The monoisotopic (exact) mass is 472 g/mol. The van der Waals surface area contributed by atoms with Crippen LogP contribution < -0.4 is 0 Å². The molecular weight excluding hydrogens is 453 g/mol. The van der Waals surface area contributed by atoms with E-state index in [4.69, 9.17) is 13.3 Å².